The van der Waals surface area contributed by atoms with E-state index in [4.69, 9.17) is 0 Å². The van der Waals surface area contributed by atoms with Crippen molar-refractivity contribution in [3.63, 3.8) is 0 Å². The van der Waals surface area contributed by atoms with E-state index in [-0.39, 0.29) is 10.8 Å². The number of anilines is 1. The first kappa shape index (κ1) is 14.7. The van der Waals surface area contributed by atoms with Gasteiger partial charge in [0.25, 0.3) is 5.91 Å². The highest BCUT2D eigenvalue weighted by atomic mass is 32.2. The molecule has 2 rings (SSSR count). The highest BCUT2D eigenvalue weighted by Gasteiger charge is 2.16. The van der Waals surface area contributed by atoms with Gasteiger partial charge in [0.05, 0.1) is 4.90 Å². The Hall–Kier alpha value is -1.70. The minimum Gasteiger partial charge on any atom is -0.322 e. The summed E-state index contributed by atoms with van der Waals surface area (Å²) in [6.07, 6.45) is 0. The monoisotopic (exact) mass is 295 g/mol. The van der Waals surface area contributed by atoms with Crippen LogP contribution in [-0.2, 0) is 14.8 Å². The summed E-state index contributed by atoms with van der Waals surface area (Å²) in [6, 6.07) is 6.04. The van der Waals surface area contributed by atoms with Gasteiger partial charge in [-0.15, -0.1) is 0 Å². The highest BCUT2D eigenvalue weighted by Crippen LogP contribution is 2.16. The first-order valence-corrected chi connectivity index (χ1v) is 7.66. The Kier molecular flexibility index (Phi) is 4.22. The Labute approximate surface area is 118 Å². The normalized spacial score (nSPS) is 14.6. The molecule has 0 unspecified atom stereocenters. The summed E-state index contributed by atoms with van der Waals surface area (Å²) in [6.45, 7) is 3.28. The third-order valence-electron chi connectivity index (χ3n) is 3.24. The van der Waals surface area contributed by atoms with Crippen molar-refractivity contribution >= 4 is 21.6 Å². The number of hydrogen-bond donors (Lipinski definition) is 3. The van der Waals surface area contributed by atoms with E-state index in [0.29, 0.717) is 11.3 Å². The van der Waals surface area contributed by atoms with Gasteiger partial charge in [0, 0.05) is 24.4 Å². The minimum atomic E-state index is -3.45. The molecular weight excluding hydrogens is 278 g/mol. The lowest BCUT2D eigenvalue weighted by molar-refractivity contribution is -0.112. The van der Waals surface area contributed by atoms with Gasteiger partial charge in [-0.2, -0.15) is 0 Å². The first-order chi connectivity index (χ1) is 9.44. The maximum absolute atomic E-state index is 12.0. The van der Waals surface area contributed by atoms with Crippen molar-refractivity contribution in [2.75, 3.05) is 25.5 Å². The van der Waals surface area contributed by atoms with Crippen LogP contribution in [0.25, 0.3) is 0 Å². The van der Waals surface area contributed by atoms with Crippen LogP contribution in [-0.4, -0.2) is 34.5 Å². The van der Waals surface area contributed by atoms with Crippen molar-refractivity contribution in [3.05, 3.63) is 35.4 Å². The Morgan fingerprint density at radius 3 is 2.25 bits per heavy atom. The first-order valence-electron chi connectivity index (χ1n) is 6.18. The molecule has 0 aromatic heterocycles. The molecule has 1 fully saturated rings. The maximum Gasteiger partial charge on any atom is 0.251 e. The van der Waals surface area contributed by atoms with E-state index in [9.17, 15) is 13.2 Å². The molecule has 1 aromatic carbocycles. The molecule has 1 aromatic rings. The van der Waals surface area contributed by atoms with E-state index in [1.165, 1.54) is 19.2 Å². The summed E-state index contributed by atoms with van der Waals surface area (Å²) in [5.41, 5.74) is 2.37. The second-order valence-electron chi connectivity index (χ2n) is 4.52. The number of benzene rings is 1. The van der Waals surface area contributed by atoms with E-state index < -0.39 is 10.0 Å². The van der Waals surface area contributed by atoms with Crippen LogP contribution in [0, 0.1) is 0 Å². The molecule has 0 aliphatic carbocycles. The quantitative estimate of drug-likeness (QED) is 0.704. The molecule has 1 saturated heterocycles. The zero-order valence-corrected chi connectivity index (χ0v) is 12.2. The Bertz CT molecular complexity index is 642. The Morgan fingerprint density at radius 1 is 1.20 bits per heavy atom. The fourth-order valence-corrected chi connectivity index (χ4v) is 2.47. The van der Waals surface area contributed by atoms with Gasteiger partial charge in [-0.1, -0.05) is 0 Å². The lowest BCUT2D eigenvalue weighted by atomic mass is 10.0. The van der Waals surface area contributed by atoms with E-state index in [1.807, 2.05) is 0 Å². The van der Waals surface area contributed by atoms with Crippen molar-refractivity contribution < 1.29 is 13.2 Å². The molecule has 0 spiro atoms. The molecule has 0 atom stereocenters. The predicted octanol–water partition coefficient (Wildman–Crippen LogP) is 0.453. The number of sulfonamides is 1. The van der Waals surface area contributed by atoms with Crippen LogP contribution in [0.5, 0.6) is 0 Å². The SMILES string of the molecule is CNS(=O)(=O)c1ccc(NC(=O)C(C)=C2CNC2)cc1. The second kappa shape index (κ2) is 5.74. The fourth-order valence-electron chi connectivity index (χ4n) is 1.74. The number of carbonyl (C=O) groups excluding carboxylic acids is 1. The van der Waals surface area contributed by atoms with Crippen LogP contribution in [0.3, 0.4) is 0 Å². The molecule has 0 saturated carbocycles. The molecule has 20 heavy (non-hydrogen) atoms. The summed E-state index contributed by atoms with van der Waals surface area (Å²) in [5, 5.41) is 5.83. The van der Waals surface area contributed by atoms with Gasteiger partial charge < -0.3 is 10.6 Å². The van der Waals surface area contributed by atoms with Crippen LogP contribution < -0.4 is 15.4 Å². The van der Waals surface area contributed by atoms with Gasteiger partial charge in [0.15, 0.2) is 0 Å². The largest absolute Gasteiger partial charge is 0.322 e. The lowest BCUT2D eigenvalue weighted by Crippen LogP contribution is -2.36. The standard InChI is InChI=1S/C13H17N3O3S/c1-9(10-7-15-8-10)13(17)16-11-3-5-12(6-4-11)20(18,19)14-2/h3-6,14-15H,7-8H2,1-2H3,(H,16,17). The Morgan fingerprint density at radius 2 is 1.80 bits per heavy atom. The summed E-state index contributed by atoms with van der Waals surface area (Å²) in [5.74, 6) is -0.161. The van der Waals surface area contributed by atoms with Crippen molar-refractivity contribution in [3.8, 4) is 0 Å². The molecule has 1 heterocycles. The maximum atomic E-state index is 12.0. The summed E-state index contributed by atoms with van der Waals surface area (Å²) in [4.78, 5) is 12.1. The topological polar surface area (TPSA) is 87.3 Å². The smallest absolute Gasteiger partial charge is 0.251 e. The molecule has 6 nitrogen and oxygen atoms in total. The van der Waals surface area contributed by atoms with Crippen molar-refractivity contribution in [1.29, 1.82) is 0 Å². The zero-order valence-electron chi connectivity index (χ0n) is 11.4. The number of rotatable bonds is 4. The summed E-state index contributed by atoms with van der Waals surface area (Å²) < 4.78 is 25.4. The van der Waals surface area contributed by atoms with Gasteiger partial charge in [-0.25, -0.2) is 13.1 Å². The average Bonchev–Trinajstić information content (AvgIpc) is 2.37. The van der Waals surface area contributed by atoms with Crippen LogP contribution in [0.1, 0.15) is 6.92 Å². The number of nitrogens with one attached hydrogen (secondary N) is 3. The Balaban J connectivity index is 2.10. The number of hydrogen-bond acceptors (Lipinski definition) is 4. The van der Waals surface area contributed by atoms with Crippen LogP contribution >= 0.6 is 0 Å². The van der Waals surface area contributed by atoms with Crippen LogP contribution in [0.2, 0.25) is 0 Å². The summed E-state index contributed by atoms with van der Waals surface area (Å²) >= 11 is 0. The molecule has 1 aliphatic rings. The van der Waals surface area contributed by atoms with Gasteiger partial charge in [0.1, 0.15) is 0 Å². The van der Waals surface area contributed by atoms with Crippen molar-refractivity contribution in [2.24, 2.45) is 0 Å². The third kappa shape index (κ3) is 3.06. The fraction of sp³-hybridized carbons (Fsp3) is 0.308. The van der Waals surface area contributed by atoms with E-state index in [1.54, 1.807) is 19.1 Å². The minimum absolute atomic E-state index is 0.161. The van der Waals surface area contributed by atoms with Gasteiger partial charge in [-0.3, -0.25) is 4.79 Å². The molecule has 1 aliphatic heterocycles. The van der Waals surface area contributed by atoms with Gasteiger partial charge in [-0.05, 0) is 43.8 Å². The zero-order chi connectivity index (χ0) is 14.8. The molecular formula is C13H17N3O3S. The van der Waals surface area contributed by atoms with E-state index in [0.717, 1.165) is 18.7 Å². The molecule has 1 amide bonds. The average molecular weight is 295 g/mol. The van der Waals surface area contributed by atoms with Crippen molar-refractivity contribution in [1.82, 2.24) is 10.0 Å². The summed E-state index contributed by atoms with van der Waals surface area (Å²) in [7, 11) is -2.09. The molecule has 3 N–H and O–H groups in total. The molecule has 0 bridgehead atoms. The van der Waals surface area contributed by atoms with E-state index in [2.05, 4.69) is 15.4 Å². The molecule has 0 radical (unpaired) electrons. The predicted molar refractivity (Wildman–Crippen MR) is 76.9 cm³/mol. The third-order valence-corrected chi connectivity index (χ3v) is 4.67. The highest BCUT2D eigenvalue weighted by molar-refractivity contribution is 7.89. The second-order valence-corrected chi connectivity index (χ2v) is 6.40. The molecule has 7 heteroatoms. The lowest BCUT2D eigenvalue weighted by Gasteiger charge is -2.21. The van der Waals surface area contributed by atoms with Gasteiger partial charge >= 0.3 is 0 Å². The number of carbonyl (C=O) groups is 1. The van der Waals surface area contributed by atoms with Crippen LogP contribution in [0.15, 0.2) is 40.3 Å². The molecule has 108 valence electrons. The van der Waals surface area contributed by atoms with Crippen LogP contribution in [0.4, 0.5) is 5.69 Å². The van der Waals surface area contributed by atoms with Gasteiger partial charge in [0.2, 0.25) is 10.0 Å². The van der Waals surface area contributed by atoms with E-state index >= 15 is 0 Å². The van der Waals surface area contributed by atoms with Crippen molar-refractivity contribution in [2.45, 2.75) is 11.8 Å². The number of amides is 1.